The van der Waals surface area contributed by atoms with E-state index in [1.807, 2.05) is 13.8 Å². The Morgan fingerprint density at radius 1 is 1.22 bits per heavy atom. The van der Waals surface area contributed by atoms with E-state index in [4.69, 9.17) is 9.47 Å². The van der Waals surface area contributed by atoms with Crippen LogP contribution in [-0.2, 0) is 14.8 Å². The molecule has 0 radical (unpaired) electrons. The highest BCUT2D eigenvalue weighted by atomic mass is 32.2. The molecule has 0 aliphatic carbocycles. The molecule has 130 valence electrons. The third kappa shape index (κ3) is 4.91. The maximum atomic E-state index is 12.5. The Labute approximate surface area is 138 Å². The van der Waals surface area contributed by atoms with Crippen LogP contribution in [0, 0.1) is 13.8 Å². The molecular weight excluding hydrogens is 316 g/mol. The van der Waals surface area contributed by atoms with Crippen molar-refractivity contribution >= 4 is 10.0 Å². The average molecular weight is 342 g/mol. The van der Waals surface area contributed by atoms with Crippen LogP contribution in [0.1, 0.15) is 18.1 Å². The lowest BCUT2D eigenvalue weighted by atomic mass is 10.1. The molecule has 1 aromatic rings. The van der Waals surface area contributed by atoms with Gasteiger partial charge < -0.3 is 9.47 Å². The van der Waals surface area contributed by atoms with Crippen LogP contribution < -0.4 is 9.46 Å². The van der Waals surface area contributed by atoms with Gasteiger partial charge in [-0.05, 0) is 44.0 Å². The Bertz CT molecular complexity index is 625. The van der Waals surface area contributed by atoms with Crippen LogP contribution in [-0.4, -0.2) is 59.3 Å². The van der Waals surface area contributed by atoms with E-state index in [0.29, 0.717) is 43.4 Å². The molecule has 1 aliphatic rings. The summed E-state index contributed by atoms with van der Waals surface area (Å²) in [5.74, 6) is 0.734. The first kappa shape index (κ1) is 18.2. The molecule has 0 atom stereocenters. The number of aryl methyl sites for hydroxylation is 2. The minimum Gasteiger partial charge on any atom is -0.494 e. The van der Waals surface area contributed by atoms with E-state index in [9.17, 15) is 8.42 Å². The van der Waals surface area contributed by atoms with Crippen molar-refractivity contribution in [3.63, 3.8) is 0 Å². The minimum absolute atomic E-state index is 0.320. The van der Waals surface area contributed by atoms with Gasteiger partial charge in [0, 0.05) is 26.2 Å². The highest BCUT2D eigenvalue weighted by Crippen LogP contribution is 2.25. The molecule has 1 saturated heterocycles. The standard InChI is InChI=1S/C16H26N2O4S/c1-4-22-15-11-14(3)16(12-13(15)2)23(19,20)17-5-6-18-7-9-21-10-8-18/h11-12,17H,4-10H2,1-3H3. The predicted octanol–water partition coefficient (Wildman–Crippen LogP) is 1.31. The summed E-state index contributed by atoms with van der Waals surface area (Å²) in [6, 6.07) is 3.47. The van der Waals surface area contributed by atoms with Crippen molar-refractivity contribution in [3.8, 4) is 5.75 Å². The molecule has 23 heavy (non-hydrogen) atoms. The van der Waals surface area contributed by atoms with Crippen LogP contribution >= 0.6 is 0 Å². The van der Waals surface area contributed by atoms with E-state index in [0.717, 1.165) is 24.4 Å². The zero-order valence-corrected chi connectivity index (χ0v) is 14.9. The SMILES string of the molecule is CCOc1cc(C)c(S(=O)(=O)NCCN2CCOCC2)cc1C. The van der Waals surface area contributed by atoms with E-state index >= 15 is 0 Å². The summed E-state index contributed by atoms with van der Waals surface area (Å²) in [7, 11) is -3.51. The van der Waals surface area contributed by atoms with Gasteiger partial charge in [0.05, 0.1) is 24.7 Å². The summed E-state index contributed by atoms with van der Waals surface area (Å²) in [5.41, 5.74) is 1.52. The second kappa shape index (κ2) is 8.10. The quantitative estimate of drug-likeness (QED) is 0.809. The van der Waals surface area contributed by atoms with Crippen LogP contribution in [0.25, 0.3) is 0 Å². The van der Waals surface area contributed by atoms with Crippen LogP contribution in [0.15, 0.2) is 17.0 Å². The number of ether oxygens (including phenoxy) is 2. The molecule has 7 heteroatoms. The molecular formula is C16H26N2O4S. The molecule has 0 amide bonds. The van der Waals surface area contributed by atoms with E-state index in [1.165, 1.54) is 0 Å². The monoisotopic (exact) mass is 342 g/mol. The number of nitrogens with one attached hydrogen (secondary N) is 1. The topological polar surface area (TPSA) is 67.9 Å². The fraction of sp³-hybridized carbons (Fsp3) is 0.625. The molecule has 1 N–H and O–H groups in total. The van der Waals surface area contributed by atoms with E-state index in [1.54, 1.807) is 19.1 Å². The summed E-state index contributed by atoms with van der Waals surface area (Å²) < 4.78 is 38.5. The number of sulfonamides is 1. The predicted molar refractivity (Wildman–Crippen MR) is 89.5 cm³/mol. The van der Waals surface area contributed by atoms with Gasteiger partial charge in [0.2, 0.25) is 10.0 Å². The van der Waals surface area contributed by atoms with Gasteiger partial charge in [-0.1, -0.05) is 0 Å². The van der Waals surface area contributed by atoms with Crippen molar-refractivity contribution in [3.05, 3.63) is 23.3 Å². The highest BCUT2D eigenvalue weighted by Gasteiger charge is 2.19. The molecule has 2 rings (SSSR count). The van der Waals surface area contributed by atoms with Crippen molar-refractivity contribution in [1.82, 2.24) is 9.62 Å². The minimum atomic E-state index is -3.51. The van der Waals surface area contributed by atoms with Gasteiger partial charge >= 0.3 is 0 Å². The summed E-state index contributed by atoms with van der Waals surface area (Å²) in [4.78, 5) is 2.52. The summed E-state index contributed by atoms with van der Waals surface area (Å²) >= 11 is 0. The molecule has 1 fully saturated rings. The van der Waals surface area contributed by atoms with Gasteiger partial charge in [0.1, 0.15) is 5.75 Å². The van der Waals surface area contributed by atoms with Crippen molar-refractivity contribution < 1.29 is 17.9 Å². The Kier molecular flexibility index (Phi) is 6.41. The fourth-order valence-corrected chi connectivity index (χ4v) is 3.93. The lowest BCUT2D eigenvalue weighted by Gasteiger charge is -2.26. The molecule has 6 nitrogen and oxygen atoms in total. The van der Waals surface area contributed by atoms with Crippen molar-refractivity contribution in [1.29, 1.82) is 0 Å². The zero-order chi connectivity index (χ0) is 16.9. The first-order valence-electron chi connectivity index (χ1n) is 7.98. The largest absolute Gasteiger partial charge is 0.494 e. The van der Waals surface area contributed by atoms with Crippen molar-refractivity contribution in [2.24, 2.45) is 0 Å². The molecule has 0 bridgehead atoms. The summed E-state index contributed by atoms with van der Waals surface area (Å²) in [6.07, 6.45) is 0. The smallest absolute Gasteiger partial charge is 0.240 e. The van der Waals surface area contributed by atoms with E-state index in [2.05, 4.69) is 9.62 Å². The van der Waals surface area contributed by atoms with Gasteiger partial charge in [-0.25, -0.2) is 13.1 Å². The van der Waals surface area contributed by atoms with Crippen LogP contribution in [0.5, 0.6) is 5.75 Å². The number of morpholine rings is 1. The third-order valence-electron chi connectivity index (χ3n) is 3.89. The van der Waals surface area contributed by atoms with E-state index in [-0.39, 0.29) is 0 Å². The lowest BCUT2D eigenvalue weighted by Crippen LogP contribution is -2.41. The van der Waals surface area contributed by atoms with Crippen molar-refractivity contribution in [2.45, 2.75) is 25.7 Å². The number of benzene rings is 1. The number of hydrogen-bond acceptors (Lipinski definition) is 5. The molecule has 1 aliphatic heterocycles. The molecule has 0 unspecified atom stereocenters. The Morgan fingerprint density at radius 2 is 1.91 bits per heavy atom. The molecule has 1 aromatic carbocycles. The Balaban J connectivity index is 2.02. The normalized spacial score (nSPS) is 16.5. The second-order valence-electron chi connectivity index (χ2n) is 5.67. The van der Waals surface area contributed by atoms with E-state index < -0.39 is 10.0 Å². The summed E-state index contributed by atoms with van der Waals surface area (Å²) in [5, 5.41) is 0. The average Bonchev–Trinajstić information content (AvgIpc) is 2.51. The molecule has 0 aromatic heterocycles. The van der Waals surface area contributed by atoms with Gasteiger partial charge in [0.15, 0.2) is 0 Å². The number of nitrogens with zero attached hydrogens (tertiary/aromatic N) is 1. The molecule has 1 heterocycles. The van der Waals surface area contributed by atoms with Crippen molar-refractivity contribution in [2.75, 3.05) is 46.0 Å². The highest BCUT2D eigenvalue weighted by molar-refractivity contribution is 7.89. The molecule has 0 saturated carbocycles. The second-order valence-corrected chi connectivity index (χ2v) is 7.40. The van der Waals surface area contributed by atoms with Crippen LogP contribution in [0.3, 0.4) is 0 Å². The fourth-order valence-electron chi connectivity index (χ4n) is 2.60. The lowest BCUT2D eigenvalue weighted by molar-refractivity contribution is 0.0390. The first-order chi connectivity index (χ1) is 10.9. The Hall–Kier alpha value is -1.15. The molecule has 0 spiro atoms. The van der Waals surface area contributed by atoms with Gasteiger partial charge in [0.25, 0.3) is 0 Å². The van der Waals surface area contributed by atoms with Gasteiger partial charge in [-0.2, -0.15) is 0 Å². The van der Waals surface area contributed by atoms with Gasteiger partial charge in [-0.3, -0.25) is 4.90 Å². The maximum Gasteiger partial charge on any atom is 0.240 e. The van der Waals surface area contributed by atoms with Crippen LogP contribution in [0.4, 0.5) is 0 Å². The third-order valence-corrected chi connectivity index (χ3v) is 5.49. The number of rotatable bonds is 7. The Morgan fingerprint density at radius 3 is 2.57 bits per heavy atom. The van der Waals surface area contributed by atoms with Gasteiger partial charge in [-0.15, -0.1) is 0 Å². The maximum absolute atomic E-state index is 12.5. The zero-order valence-electron chi connectivity index (χ0n) is 14.1. The number of hydrogen-bond donors (Lipinski definition) is 1. The van der Waals surface area contributed by atoms with Crippen LogP contribution in [0.2, 0.25) is 0 Å². The summed E-state index contributed by atoms with van der Waals surface area (Å²) in [6.45, 7) is 10.3. The first-order valence-corrected chi connectivity index (χ1v) is 9.46.